The summed E-state index contributed by atoms with van der Waals surface area (Å²) >= 11 is 0. The van der Waals surface area contributed by atoms with Crippen molar-refractivity contribution in [2.24, 2.45) is 16.7 Å². The number of anilines is 2. The number of aliphatic hydroxyl groups is 1. The molecule has 1 aromatic rings. The highest BCUT2D eigenvalue weighted by atomic mass is 16.3. The summed E-state index contributed by atoms with van der Waals surface area (Å²) in [4.78, 5) is 14.7. The van der Waals surface area contributed by atoms with Gasteiger partial charge in [0.2, 0.25) is 5.91 Å². The number of carbonyl (C=O) groups excluding carboxylic acids is 1. The first-order valence-electron chi connectivity index (χ1n) is 8.96. The van der Waals surface area contributed by atoms with Crippen molar-refractivity contribution in [3.63, 3.8) is 0 Å². The molecular formula is C20H27N3O2. The Kier molecular flexibility index (Phi) is 4.28. The second kappa shape index (κ2) is 6.03. The van der Waals surface area contributed by atoms with Gasteiger partial charge in [0.15, 0.2) is 0 Å². The van der Waals surface area contributed by atoms with Gasteiger partial charge in [0, 0.05) is 24.7 Å². The molecule has 0 atom stereocenters. The predicted molar refractivity (Wildman–Crippen MR) is 98.3 cm³/mol. The van der Waals surface area contributed by atoms with Gasteiger partial charge in [-0.05, 0) is 41.9 Å². The van der Waals surface area contributed by atoms with Crippen LogP contribution in [0.1, 0.15) is 46.1 Å². The van der Waals surface area contributed by atoms with Crippen LogP contribution in [0.3, 0.4) is 0 Å². The van der Waals surface area contributed by atoms with Crippen LogP contribution in [0.2, 0.25) is 0 Å². The van der Waals surface area contributed by atoms with Crippen LogP contribution in [0.5, 0.6) is 0 Å². The fraction of sp³-hybridized carbons (Fsp3) is 0.600. The second-order valence-electron chi connectivity index (χ2n) is 8.43. The molecule has 5 heteroatoms. The molecule has 0 aromatic heterocycles. The third-order valence-corrected chi connectivity index (χ3v) is 6.47. The highest BCUT2D eigenvalue weighted by molar-refractivity contribution is 5.96. The van der Waals surface area contributed by atoms with E-state index in [0.717, 1.165) is 31.6 Å². The van der Waals surface area contributed by atoms with Gasteiger partial charge in [-0.15, -0.1) is 0 Å². The molecule has 1 amide bonds. The maximum atomic E-state index is 12.6. The van der Waals surface area contributed by atoms with Crippen LogP contribution in [-0.4, -0.2) is 30.2 Å². The van der Waals surface area contributed by atoms with Gasteiger partial charge in [0.25, 0.3) is 0 Å². The van der Waals surface area contributed by atoms with E-state index in [0.29, 0.717) is 11.3 Å². The minimum atomic E-state index is -0.245. The van der Waals surface area contributed by atoms with E-state index >= 15 is 0 Å². The van der Waals surface area contributed by atoms with Gasteiger partial charge >= 0.3 is 0 Å². The summed E-state index contributed by atoms with van der Waals surface area (Å²) in [5.74, 6) is 0.00142. The lowest BCUT2D eigenvalue weighted by atomic mass is 10.0. The number of hydrogen-bond acceptors (Lipinski definition) is 4. The smallest absolute Gasteiger partial charge is 0.228 e. The SMILES string of the molecule is CC1(C)C(C(=O)Nc2ccc(N3CCC(O)CC3)c(C#N)c2)C1(C)C. The summed E-state index contributed by atoms with van der Waals surface area (Å²) in [6, 6.07) is 7.75. The van der Waals surface area contributed by atoms with E-state index in [1.165, 1.54) is 0 Å². The van der Waals surface area contributed by atoms with Crippen molar-refractivity contribution in [1.29, 1.82) is 5.26 Å². The number of benzene rings is 1. The number of piperidine rings is 1. The monoisotopic (exact) mass is 341 g/mol. The predicted octanol–water partition coefficient (Wildman–Crippen LogP) is 3.14. The van der Waals surface area contributed by atoms with Crippen LogP contribution in [0.25, 0.3) is 0 Å². The Hall–Kier alpha value is -2.06. The Labute approximate surface area is 149 Å². The van der Waals surface area contributed by atoms with E-state index in [1.54, 1.807) is 6.07 Å². The average molecular weight is 341 g/mol. The van der Waals surface area contributed by atoms with Crippen LogP contribution in [0, 0.1) is 28.1 Å². The van der Waals surface area contributed by atoms with E-state index in [2.05, 4.69) is 44.0 Å². The molecule has 2 aliphatic rings. The summed E-state index contributed by atoms with van der Waals surface area (Å²) < 4.78 is 0. The van der Waals surface area contributed by atoms with Crippen molar-refractivity contribution in [1.82, 2.24) is 0 Å². The van der Waals surface area contributed by atoms with E-state index in [9.17, 15) is 15.2 Å². The molecule has 0 radical (unpaired) electrons. The first-order valence-corrected chi connectivity index (χ1v) is 8.96. The first-order chi connectivity index (χ1) is 11.7. The minimum absolute atomic E-state index is 0.0102. The van der Waals surface area contributed by atoms with Gasteiger partial charge in [-0.3, -0.25) is 4.79 Å². The molecule has 3 rings (SSSR count). The Morgan fingerprint density at radius 3 is 2.36 bits per heavy atom. The Balaban J connectivity index is 1.74. The number of rotatable bonds is 3. The number of nitrogens with zero attached hydrogens (tertiary/aromatic N) is 2. The highest BCUT2D eigenvalue weighted by Crippen LogP contribution is 2.68. The summed E-state index contributed by atoms with van der Waals surface area (Å²) in [7, 11) is 0. The maximum absolute atomic E-state index is 12.6. The normalized spacial score (nSPS) is 22.3. The van der Waals surface area contributed by atoms with Gasteiger partial charge in [0.1, 0.15) is 6.07 Å². The van der Waals surface area contributed by atoms with Gasteiger partial charge in [0.05, 0.1) is 17.4 Å². The molecule has 2 N–H and O–H groups in total. The third-order valence-electron chi connectivity index (χ3n) is 6.47. The zero-order valence-electron chi connectivity index (χ0n) is 15.5. The van der Waals surface area contributed by atoms with Crippen LogP contribution in [0.15, 0.2) is 18.2 Å². The van der Waals surface area contributed by atoms with Crippen molar-refractivity contribution >= 4 is 17.3 Å². The summed E-state index contributed by atoms with van der Waals surface area (Å²) in [5.41, 5.74) is 2.08. The molecule has 1 aromatic carbocycles. The Morgan fingerprint density at radius 2 is 1.84 bits per heavy atom. The fourth-order valence-corrected chi connectivity index (χ4v) is 4.15. The minimum Gasteiger partial charge on any atom is -0.393 e. The van der Waals surface area contributed by atoms with Gasteiger partial charge in [-0.25, -0.2) is 0 Å². The first kappa shape index (κ1) is 17.8. The lowest BCUT2D eigenvalue weighted by Crippen LogP contribution is -2.36. The zero-order valence-corrected chi connectivity index (χ0v) is 15.5. The van der Waals surface area contributed by atoms with E-state index in [1.807, 2.05) is 12.1 Å². The quantitative estimate of drug-likeness (QED) is 0.885. The van der Waals surface area contributed by atoms with Crippen LogP contribution in [0.4, 0.5) is 11.4 Å². The Bertz CT molecular complexity index is 711. The number of nitrogens with one attached hydrogen (secondary N) is 1. The molecule has 1 heterocycles. The van der Waals surface area contributed by atoms with Crippen LogP contribution < -0.4 is 10.2 Å². The van der Waals surface area contributed by atoms with Crippen LogP contribution >= 0.6 is 0 Å². The van der Waals surface area contributed by atoms with Crippen molar-refractivity contribution in [3.05, 3.63) is 23.8 Å². The fourth-order valence-electron chi connectivity index (χ4n) is 4.15. The number of nitriles is 1. The largest absolute Gasteiger partial charge is 0.393 e. The Morgan fingerprint density at radius 1 is 1.24 bits per heavy atom. The number of aliphatic hydroxyl groups excluding tert-OH is 1. The van der Waals surface area contributed by atoms with Crippen molar-refractivity contribution < 1.29 is 9.90 Å². The molecule has 1 saturated carbocycles. The molecular weight excluding hydrogens is 314 g/mol. The highest BCUT2D eigenvalue weighted by Gasteiger charge is 2.68. The second-order valence-corrected chi connectivity index (χ2v) is 8.43. The lowest BCUT2D eigenvalue weighted by Gasteiger charge is -2.32. The molecule has 0 bridgehead atoms. The topological polar surface area (TPSA) is 76.4 Å². The standard InChI is InChI=1S/C20H27N3O2/c1-19(2)17(20(19,3)4)18(25)22-14-5-6-16(13(11-14)12-21)23-9-7-15(24)8-10-23/h5-6,11,15,17,24H,7-10H2,1-4H3,(H,22,25). The van der Waals surface area contributed by atoms with Crippen molar-refractivity contribution in [3.8, 4) is 6.07 Å². The molecule has 25 heavy (non-hydrogen) atoms. The molecule has 1 aliphatic carbocycles. The summed E-state index contributed by atoms with van der Waals surface area (Å²) in [5, 5.41) is 22.1. The van der Waals surface area contributed by atoms with E-state index in [4.69, 9.17) is 0 Å². The summed E-state index contributed by atoms with van der Waals surface area (Å²) in [6.07, 6.45) is 1.19. The number of amides is 1. The van der Waals surface area contributed by atoms with Crippen molar-refractivity contribution in [2.75, 3.05) is 23.3 Å². The summed E-state index contributed by atoms with van der Waals surface area (Å²) in [6.45, 7) is 9.95. The average Bonchev–Trinajstić information content (AvgIpc) is 2.97. The van der Waals surface area contributed by atoms with Gasteiger partial charge < -0.3 is 15.3 Å². The van der Waals surface area contributed by atoms with E-state index in [-0.39, 0.29) is 28.8 Å². The number of carbonyl (C=O) groups is 1. The molecule has 5 nitrogen and oxygen atoms in total. The maximum Gasteiger partial charge on any atom is 0.228 e. The molecule has 0 unspecified atom stereocenters. The molecule has 1 saturated heterocycles. The van der Waals surface area contributed by atoms with Crippen molar-refractivity contribution in [2.45, 2.75) is 46.6 Å². The molecule has 2 fully saturated rings. The molecule has 1 aliphatic heterocycles. The van der Waals surface area contributed by atoms with Crippen LogP contribution in [-0.2, 0) is 4.79 Å². The molecule has 134 valence electrons. The molecule has 0 spiro atoms. The lowest BCUT2D eigenvalue weighted by molar-refractivity contribution is -0.118. The third kappa shape index (κ3) is 3.00. The van der Waals surface area contributed by atoms with E-state index < -0.39 is 0 Å². The number of hydrogen-bond donors (Lipinski definition) is 2. The zero-order chi connectivity index (χ0) is 18.4. The van der Waals surface area contributed by atoms with Gasteiger partial charge in [-0.2, -0.15) is 5.26 Å². The van der Waals surface area contributed by atoms with Gasteiger partial charge in [-0.1, -0.05) is 27.7 Å².